The van der Waals surface area contributed by atoms with Crippen molar-refractivity contribution in [1.82, 2.24) is 0 Å². The summed E-state index contributed by atoms with van der Waals surface area (Å²) in [7, 11) is 0. The molecule has 0 heteroatoms. The summed E-state index contributed by atoms with van der Waals surface area (Å²) in [6, 6.07) is 0. The average Bonchev–Trinajstić information content (AvgIpc) is 3.18. The third-order valence-electron chi connectivity index (χ3n) is 6.60. The maximum Gasteiger partial charge on any atom is 0.00636 e. The van der Waals surface area contributed by atoms with E-state index in [4.69, 9.17) is 0 Å². The maximum absolute atomic E-state index is 2.59. The van der Waals surface area contributed by atoms with E-state index in [2.05, 4.69) is 60.8 Å². The molecule has 0 radical (unpaired) electrons. The molecule has 8 atom stereocenters. The smallest absolute Gasteiger partial charge is 0.00636 e. The van der Waals surface area contributed by atoms with E-state index < -0.39 is 0 Å². The quantitative estimate of drug-likeness (QED) is 0.622. The van der Waals surface area contributed by atoms with Crippen LogP contribution in [-0.4, -0.2) is 0 Å². The van der Waals surface area contributed by atoms with E-state index in [1.54, 1.807) is 11.1 Å². The number of hydrogen-bond donors (Lipinski definition) is 0. The van der Waals surface area contributed by atoms with E-state index in [-0.39, 0.29) is 0 Å². The lowest BCUT2D eigenvalue weighted by Gasteiger charge is -2.22. The summed E-state index contributed by atoms with van der Waals surface area (Å²) >= 11 is 0. The first-order valence-corrected chi connectivity index (χ1v) is 8.07. The molecule has 0 unspecified atom stereocenters. The molecule has 0 aromatic rings. The van der Waals surface area contributed by atoms with Gasteiger partial charge in [-0.25, -0.2) is 0 Å². The van der Waals surface area contributed by atoms with Crippen LogP contribution in [0.5, 0.6) is 0 Å². The van der Waals surface area contributed by atoms with Crippen LogP contribution < -0.4 is 0 Å². The van der Waals surface area contributed by atoms with Crippen molar-refractivity contribution < 1.29 is 0 Å². The largest absolute Gasteiger partial charge is 0.0807 e. The highest BCUT2D eigenvalue weighted by Gasteiger charge is 2.50. The van der Waals surface area contributed by atoms with E-state index in [0.717, 1.165) is 11.8 Å². The van der Waals surface area contributed by atoms with Gasteiger partial charge < -0.3 is 0 Å². The third kappa shape index (κ3) is 1.01. The van der Waals surface area contributed by atoms with Gasteiger partial charge in [0.25, 0.3) is 0 Å². The predicted octanol–water partition coefficient (Wildman–Crippen LogP) is 4.08. The Morgan fingerprint density at radius 1 is 0.450 bits per heavy atom. The van der Waals surface area contributed by atoms with Crippen molar-refractivity contribution in [2.24, 2.45) is 47.3 Å². The lowest BCUT2D eigenvalue weighted by atomic mass is 9.81. The van der Waals surface area contributed by atoms with Crippen LogP contribution in [0.3, 0.4) is 0 Å². The first kappa shape index (κ1) is 10.2. The monoisotopic (exact) mass is 258 g/mol. The average molecular weight is 258 g/mol. The zero-order chi connectivity index (χ0) is 12.8. The van der Waals surface area contributed by atoms with E-state index in [0.29, 0.717) is 35.5 Å². The summed E-state index contributed by atoms with van der Waals surface area (Å²) < 4.78 is 0. The zero-order valence-corrected chi connectivity index (χ0v) is 11.4. The fraction of sp³-hybridized carbons (Fsp3) is 0.400. The Labute approximate surface area is 120 Å². The standard InChI is InChI=1S/C20H18/c1-3-13-9-17(15-7-5-11(1)19(13)15)18-10-14-4-2-12-6-8-16(18)20(12)14/h1-16,19-20H/t11-,12-,13-,14+,15+,16+,19+,20-/m1/s1. The van der Waals surface area contributed by atoms with Crippen LogP contribution in [0, 0.1) is 47.3 Å². The number of allylic oxidation sites excluding steroid dienone is 12. The van der Waals surface area contributed by atoms with Crippen LogP contribution in [0.2, 0.25) is 0 Å². The molecule has 0 fully saturated rings. The first-order valence-electron chi connectivity index (χ1n) is 8.07. The molecule has 6 rings (SSSR count). The summed E-state index contributed by atoms with van der Waals surface area (Å²) in [6.45, 7) is 0. The predicted molar refractivity (Wildman–Crippen MR) is 80.6 cm³/mol. The van der Waals surface area contributed by atoms with E-state index in [1.165, 1.54) is 0 Å². The highest BCUT2D eigenvalue weighted by molar-refractivity contribution is 5.53. The van der Waals surface area contributed by atoms with Gasteiger partial charge in [-0.05, 0) is 46.7 Å². The van der Waals surface area contributed by atoms with Crippen LogP contribution in [0.1, 0.15) is 0 Å². The second-order valence-electron chi connectivity index (χ2n) is 7.30. The normalized spacial score (nSPS) is 54.8. The molecule has 0 spiro atoms. The van der Waals surface area contributed by atoms with Gasteiger partial charge in [-0.2, -0.15) is 0 Å². The molecule has 0 aromatic heterocycles. The van der Waals surface area contributed by atoms with Gasteiger partial charge in [-0.1, -0.05) is 60.8 Å². The topological polar surface area (TPSA) is 0 Å². The second-order valence-corrected chi connectivity index (χ2v) is 7.30. The Morgan fingerprint density at radius 2 is 0.850 bits per heavy atom. The maximum atomic E-state index is 2.59. The Bertz CT molecular complexity index is 621. The Hall–Kier alpha value is -1.56. The van der Waals surface area contributed by atoms with Gasteiger partial charge in [0.2, 0.25) is 0 Å². The van der Waals surface area contributed by atoms with Crippen LogP contribution in [0.15, 0.2) is 71.9 Å². The second kappa shape index (κ2) is 3.19. The van der Waals surface area contributed by atoms with Gasteiger partial charge >= 0.3 is 0 Å². The third-order valence-corrected chi connectivity index (χ3v) is 6.60. The van der Waals surface area contributed by atoms with Crippen molar-refractivity contribution in [3.05, 3.63) is 71.9 Å². The lowest BCUT2D eigenvalue weighted by molar-refractivity contribution is 0.398. The summed E-state index contributed by atoms with van der Waals surface area (Å²) in [5.41, 5.74) is 3.34. The van der Waals surface area contributed by atoms with Gasteiger partial charge in [-0.15, -0.1) is 0 Å². The van der Waals surface area contributed by atoms with Crippen molar-refractivity contribution in [3.63, 3.8) is 0 Å². The molecule has 0 N–H and O–H groups in total. The number of rotatable bonds is 1. The van der Waals surface area contributed by atoms with Crippen molar-refractivity contribution in [2.45, 2.75) is 0 Å². The first-order chi connectivity index (χ1) is 9.90. The van der Waals surface area contributed by atoms with Crippen molar-refractivity contribution in [1.29, 1.82) is 0 Å². The summed E-state index contributed by atoms with van der Waals surface area (Å²) in [5.74, 6) is 5.87. The molecule has 0 saturated heterocycles. The molecule has 6 aliphatic carbocycles. The van der Waals surface area contributed by atoms with E-state index >= 15 is 0 Å². The molecule has 0 amide bonds. The molecule has 0 bridgehead atoms. The van der Waals surface area contributed by atoms with Gasteiger partial charge in [-0.3, -0.25) is 0 Å². The molecule has 6 aliphatic rings. The molecule has 0 heterocycles. The lowest BCUT2D eigenvalue weighted by Crippen LogP contribution is -2.16. The van der Waals surface area contributed by atoms with Gasteiger partial charge in [0.05, 0.1) is 0 Å². The molecule has 0 nitrogen and oxygen atoms in total. The molecule has 0 aliphatic heterocycles. The molecular weight excluding hydrogens is 240 g/mol. The summed E-state index contributed by atoms with van der Waals surface area (Å²) in [5, 5.41) is 0. The fourth-order valence-corrected chi connectivity index (χ4v) is 5.80. The molecule has 0 aromatic carbocycles. The van der Waals surface area contributed by atoms with Crippen LogP contribution >= 0.6 is 0 Å². The van der Waals surface area contributed by atoms with Gasteiger partial charge in [0.15, 0.2) is 0 Å². The SMILES string of the molecule is C1=C[C@H]2C=C(C3=C[C@H]4C=C[C@@H]5C=C[C@@H]3[C@@H]54)[C@@H]3C=C[C@@H]1[C@H]23. The minimum Gasteiger partial charge on any atom is -0.0807 e. The Morgan fingerprint density at radius 3 is 1.35 bits per heavy atom. The molecule has 0 saturated carbocycles. The van der Waals surface area contributed by atoms with Gasteiger partial charge in [0, 0.05) is 11.8 Å². The Kier molecular flexibility index (Phi) is 1.63. The Balaban J connectivity index is 1.47. The van der Waals surface area contributed by atoms with Crippen LogP contribution in [0.4, 0.5) is 0 Å². The zero-order valence-electron chi connectivity index (χ0n) is 11.4. The summed E-state index contributed by atoms with van der Waals surface area (Å²) in [4.78, 5) is 0. The van der Waals surface area contributed by atoms with E-state index in [1.807, 2.05) is 0 Å². The highest BCUT2D eigenvalue weighted by atomic mass is 14.5. The molecule has 98 valence electrons. The number of hydrogen-bond acceptors (Lipinski definition) is 0. The van der Waals surface area contributed by atoms with Crippen molar-refractivity contribution in [3.8, 4) is 0 Å². The van der Waals surface area contributed by atoms with Crippen LogP contribution in [-0.2, 0) is 0 Å². The van der Waals surface area contributed by atoms with Crippen molar-refractivity contribution in [2.75, 3.05) is 0 Å². The highest BCUT2D eigenvalue weighted by Crippen LogP contribution is 2.59. The summed E-state index contributed by atoms with van der Waals surface area (Å²) in [6.07, 6.45) is 24.8. The van der Waals surface area contributed by atoms with E-state index in [9.17, 15) is 0 Å². The minimum atomic E-state index is 0.696. The van der Waals surface area contributed by atoms with Crippen LogP contribution in [0.25, 0.3) is 0 Å². The van der Waals surface area contributed by atoms with Gasteiger partial charge in [0.1, 0.15) is 0 Å². The van der Waals surface area contributed by atoms with Crippen molar-refractivity contribution >= 4 is 0 Å². The minimum absolute atomic E-state index is 0.696. The fourth-order valence-electron chi connectivity index (χ4n) is 5.80. The molecule has 20 heavy (non-hydrogen) atoms. The molecular formula is C20H18.